The van der Waals surface area contributed by atoms with Crippen LogP contribution in [0.2, 0.25) is 0 Å². The van der Waals surface area contributed by atoms with E-state index in [1.807, 2.05) is 25.1 Å². The van der Waals surface area contributed by atoms with E-state index in [-0.39, 0.29) is 5.91 Å². The standard InChI is InChI=1S/C14H19N3OS/c1-9-3-2-4-11(14(15)19)13(9)16-8-7-12(18)17-10-5-6-10/h2-4,10,16H,5-8H2,1H3,(H2,15,19)(H,17,18). The molecule has 0 spiro atoms. The van der Waals surface area contributed by atoms with E-state index in [0.717, 1.165) is 29.7 Å². The summed E-state index contributed by atoms with van der Waals surface area (Å²) in [4.78, 5) is 12.0. The predicted molar refractivity (Wildman–Crippen MR) is 81.3 cm³/mol. The molecule has 1 fully saturated rings. The summed E-state index contributed by atoms with van der Waals surface area (Å²) >= 11 is 5.03. The summed E-state index contributed by atoms with van der Waals surface area (Å²) in [5, 5.41) is 6.22. The summed E-state index contributed by atoms with van der Waals surface area (Å²) < 4.78 is 0. The lowest BCUT2D eigenvalue weighted by atomic mass is 10.1. The van der Waals surface area contributed by atoms with Gasteiger partial charge in [0.05, 0.1) is 0 Å². The third kappa shape index (κ3) is 3.92. The van der Waals surface area contributed by atoms with Gasteiger partial charge < -0.3 is 16.4 Å². The Balaban J connectivity index is 1.91. The third-order valence-corrected chi connectivity index (χ3v) is 3.35. The van der Waals surface area contributed by atoms with Gasteiger partial charge in [0.2, 0.25) is 5.91 Å². The van der Waals surface area contributed by atoms with Gasteiger partial charge in [-0.25, -0.2) is 0 Å². The van der Waals surface area contributed by atoms with Gasteiger partial charge >= 0.3 is 0 Å². The minimum Gasteiger partial charge on any atom is -0.389 e. The van der Waals surface area contributed by atoms with Crippen LogP contribution < -0.4 is 16.4 Å². The van der Waals surface area contributed by atoms with E-state index in [2.05, 4.69) is 10.6 Å². The lowest BCUT2D eigenvalue weighted by Crippen LogP contribution is -2.27. The average Bonchev–Trinajstić information content (AvgIpc) is 3.14. The zero-order valence-electron chi connectivity index (χ0n) is 11.0. The molecule has 1 aliphatic rings. The van der Waals surface area contributed by atoms with Crippen LogP contribution in [-0.2, 0) is 4.79 Å². The lowest BCUT2D eigenvalue weighted by molar-refractivity contribution is -0.120. The smallest absolute Gasteiger partial charge is 0.221 e. The van der Waals surface area contributed by atoms with Gasteiger partial charge in [-0.2, -0.15) is 0 Å². The average molecular weight is 277 g/mol. The number of benzene rings is 1. The van der Waals surface area contributed by atoms with Crippen molar-refractivity contribution in [2.24, 2.45) is 5.73 Å². The first-order valence-electron chi connectivity index (χ1n) is 6.50. The monoisotopic (exact) mass is 277 g/mol. The van der Waals surface area contributed by atoms with Crippen molar-refractivity contribution in [1.82, 2.24) is 5.32 Å². The highest BCUT2D eigenvalue weighted by Crippen LogP contribution is 2.21. The van der Waals surface area contributed by atoms with Crippen molar-refractivity contribution in [3.63, 3.8) is 0 Å². The van der Waals surface area contributed by atoms with Crippen molar-refractivity contribution < 1.29 is 4.79 Å². The number of hydrogen-bond acceptors (Lipinski definition) is 3. The Kier molecular flexibility index (Phi) is 4.37. The Morgan fingerprint density at radius 2 is 2.21 bits per heavy atom. The van der Waals surface area contributed by atoms with Crippen LogP contribution in [0.1, 0.15) is 30.4 Å². The molecule has 0 radical (unpaired) electrons. The largest absolute Gasteiger partial charge is 0.389 e. The number of para-hydroxylation sites is 1. The Bertz CT molecular complexity index is 497. The van der Waals surface area contributed by atoms with Crippen LogP contribution in [-0.4, -0.2) is 23.5 Å². The van der Waals surface area contributed by atoms with Gasteiger partial charge in [0.1, 0.15) is 4.99 Å². The van der Waals surface area contributed by atoms with E-state index in [4.69, 9.17) is 18.0 Å². The second kappa shape index (κ2) is 6.02. The van der Waals surface area contributed by atoms with Crippen LogP contribution in [0, 0.1) is 6.92 Å². The van der Waals surface area contributed by atoms with Crippen molar-refractivity contribution in [2.45, 2.75) is 32.2 Å². The minimum absolute atomic E-state index is 0.0976. The summed E-state index contributed by atoms with van der Waals surface area (Å²) in [6, 6.07) is 6.23. The minimum atomic E-state index is 0.0976. The van der Waals surface area contributed by atoms with Crippen molar-refractivity contribution in [2.75, 3.05) is 11.9 Å². The molecule has 102 valence electrons. The predicted octanol–water partition coefficient (Wildman–Crippen LogP) is 1.71. The maximum atomic E-state index is 11.6. The van der Waals surface area contributed by atoms with E-state index in [1.165, 1.54) is 0 Å². The molecule has 0 heterocycles. The number of aryl methyl sites for hydroxylation is 1. The molecule has 4 nitrogen and oxygen atoms in total. The molecule has 1 amide bonds. The number of carbonyl (C=O) groups excluding carboxylic acids is 1. The highest BCUT2D eigenvalue weighted by molar-refractivity contribution is 7.80. The van der Waals surface area contributed by atoms with Crippen molar-refractivity contribution in [3.05, 3.63) is 29.3 Å². The van der Waals surface area contributed by atoms with E-state index < -0.39 is 0 Å². The number of amides is 1. The van der Waals surface area contributed by atoms with Crippen LogP contribution in [0.3, 0.4) is 0 Å². The highest BCUT2D eigenvalue weighted by Gasteiger charge is 2.22. The quantitative estimate of drug-likeness (QED) is 0.693. The van der Waals surface area contributed by atoms with Gasteiger partial charge in [0.15, 0.2) is 0 Å². The number of nitrogens with one attached hydrogen (secondary N) is 2. The zero-order chi connectivity index (χ0) is 13.8. The summed E-state index contributed by atoms with van der Waals surface area (Å²) in [5.41, 5.74) is 8.53. The summed E-state index contributed by atoms with van der Waals surface area (Å²) in [6.45, 7) is 2.58. The highest BCUT2D eigenvalue weighted by atomic mass is 32.1. The first kappa shape index (κ1) is 13.8. The van der Waals surface area contributed by atoms with Gasteiger partial charge in [0, 0.05) is 30.3 Å². The molecule has 0 bridgehead atoms. The van der Waals surface area contributed by atoms with Crippen LogP contribution in [0.5, 0.6) is 0 Å². The first-order chi connectivity index (χ1) is 9.08. The Labute approximate surface area is 118 Å². The number of anilines is 1. The van der Waals surface area contributed by atoms with Gasteiger partial charge in [-0.15, -0.1) is 0 Å². The van der Waals surface area contributed by atoms with E-state index in [0.29, 0.717) is 24.0 Å². The molecule has 1 aliphatic carbocycles. The number of nitrogens with two attached hydrogens (primary N) is 1. The maximum Gasteiger partial charge on any atom is 0.221 e. The van der Waals surface area contributed by atoms with E-state index in [1.54, 1.807) is 0 Å². The summed E-state index contributed by atoms with van der Waals surface area (Å²) in [6.07, 6.45) is 2.69. The molecular formula is C14H19N3OS. The molecule has 0 unspecified atom stereocenters. The zero-order valence-corrected chi connectivity index (χ0v) is 11.8. The topological polar surface area (TPSA) is 67.1 Å². The molecule has 1 aromatic carbocycles. The number of thiocarbonyl (C=S) groups is 1. The first-order valence-corrected chi connectivity index (χ1v) is 6.91. The molecule has 0 saturated heterocycles. The second-order valence-corrected chi connectivity index (χ2v) is 5.32. The fourth-order valence-corrected chi connectivity index (χ4v) is 2.11. The Morgan fingerprint density at radius 1 is 1.47 bits per heavy atom. The van der Waals surface area contributed by atoms with Gasteiger partial charge in [0.25, 0.3) is 0 Å². The molecule has 5 heteroatoms. The van der Waals surface area contributed by atoms with Crippen molar-refractivity contribution in [1.29, 1.82) is 0 Å². The summed E-state index contributed by atoms with van der Waals surface area (Å²) in [7, 11) is 0. The number of hydrogen-bond donors (Lipinski definition) is 3. The maximum absolute atomic E-state index is 11.6. The normalized spacial score (nSPS) is 13.9. The molecule has 0 aliphatic heterocycles. The van der Waals surface area contributed by atoms with Crippen molar-refractivity contribution in [3.8, 4) is 0 Å². The molecule has 4 N–H and O–H groups in total. The van der Waals surface area contributed by atoms with Crippen LogP contribution >= 0.6 is 12.2 Å². The van der Waals surface area contributed by atoms with E-state index >= 15 is 0 Å². The Morgan fingerprint density at radius 3 is 2.84 bits per heavy atom. The SMILES string of the molecule is Cc1cccc(C(N)=S)c1NCCC(=O)NC1CC1. The van der Waals surface area contributed by atoms with Gasteiger partial charge in [-0.3, -0.25) is 4.79 Å². The lowest BCUT2D eigenvalue weighted by Gasteiger charge is -2.14. The molecule has 1 aromatic rings. The molecule has 2 rings (SSSR count). The number of carbonyl (C=O) groups is 1. The Hall–Kier alpha value is -1.62. The fraction of sp³-hybridized carbons (Fsp3) is 0.429. The van der Waals surface area contributed by atoms with Gasteiger partial charge in [-0.05, 0) is 31.4 Å². The molecule has 0 aromatic heterocycles. The fourth-order valence-electron chi connectivity index (χ4n) is 1.94. The van der Waals surface area contributed by atoms with Crippen LogP contribution in [0.15, 0.2) is 18.2 Å². The number of rotatable bonds is 6. The van der Waals surface area contributed by atoms with E-state index in [9.17, 15) is 4.79 Å². The molecule has 0 atom stereocenters. The third-order valence-electron chi connectivity index (χ3n) is 3.13. The van der Waals surface area contributed by atoms with Gasteiger partial charge in [-0.1, -0.05) is 24.4 Å². The van der Waals surface area contributed by atoms with Crippen LogP contribution in [0.25, 0.3) is 0 Å². The van der Waals surface area contributed by atoms with Crippen LogP contribution in [0.4, 0.5) is 5.69 Å². The summed E-state index contributed by atoms with van der Waals surface area (Å²) in [5.74, 6) is 0.0976. The molecule has 1 saturated carbocycles. The second-order valence-electron chi connectivity index (χ2n) is 4.88. The van der Waals surface area contributed by atoms with Crippen molar-refractivity contribution >= 4 is 28.8 Å². The molecular weight excluding hydrogens is 258 g/mol. The molecule has 19 heavy (non-hydrogen) atoms.